The summed E-state index contributed by atoms with van der Waals surface area (Å²) in [5.74, 6) is -1.06. The van der Waals surface area contributed by atoms with Crippen molar-refractivity contribution in [2.24, 2.45) is 11.8 Å². The topological polar surface area (TPSA) is 76.1 Å². The number of carboxylic acids is 1. The number of ether oxygens (including phenoxy) is 2. The van der Waals surface area contributed by atoms with Crippen molar-refractivity contribution >= 4 is 11.9 Å². The Morgan fingerprint density at radius 2 is 2.04 bits per heavy atom. The highest BCUT2D eigenvalue weighted by atomic mass is 19.1. The number of rotatable bonds is 5. The molecule has 0 aliphatic carbocycles. The molecule has 1 unspecified atom stereocenters. The van der Waals surface area contributed by atoms with Gasteiger partial charge >= 0.3 is 5.97 Å². The van der Waals surface area contributed by atoms with Crippen LogP contribution in [0, 0.1) is 17.7 Å². The minimum absolute atomic E-state index is 0.0746. The molecule has 2 aliphatic rings. The molecule has 7 heteroatoms. The van der Waals surface area contributed by atoms with Crippen LogP contribution in [0.5, 0.6) is 5.75 Å². The Bertz CT molecular complexity index is 672. The molecule has 1 aromatic rings. The number of aliphatic carboxylic acids is 1. The average molecular weight is 365 g/mol. The zero-order valence-corrected chi connectivity index (χ0v) is 14.8. The first-order valence-electron chi connectivity index (χ1n) is 8.94. The Morgan fingerprint density at radius 1 is 1.31 bits per heavy atom. The van der Waals surface area contributed by atoms with Gasteiger partial charge < -0.3 is 19.5 Å². The van der Waals surface area contributed by atoms with Crippen LogP contribution in [0.1, 0.15) is 24.8 Å². The van der Waals surface area contributed by atoms with Gasteiger partial charge in [0.25, 0.3) is 0 Å². The van der Waals surface area contributed by atoms with E-state index in [2.05, 4.69) is 0 Å². The molecule has 1 amide bonds. The summed E-state index contributed by atoms with van der Waals surface area (Å²) in [4.78, 5) is 25.7. The number of hydrogen-bond acceptors (Lipinski definition) is 4. The smallest absolute Gasteiger partial charge is 0.309 e. The van der Waals surface area contributed by atoms with Crippen molar-refractivity contribution in [1.29, 1.82) is 0 Å². The Labute approximate surface area is 151 Å². The van der Waals surface area contributed by atoms with Crippen LogP contribution >= 0.6 is 0 Å². The largest absolute Gasteiger partial charge is 0.496 e. The second-order valence-corrected chi connectivity index (χ2v) is 6.92. The van der Waals surface area contributed by atoms with Gasteiger partial charge in [-0.2, -0.15) is 0 Å². The van der Waals surface area contributed by atoms with Gasteiger partial charge in [0.15, 0.2) is 0 Å². The number of nitrogens with zero attached hydrogens (tertiary/aromatic N) is 1. The van der Waals surface area contributed by atoms with E-state index in [1.807, 2.05) is 0 Å². The van der Waals surface area contributed by atoms with E-state index in [0.717, 1.165) is 12.8 Å². The molecule has 3 rings (SSSR count). The first-order chi connectivity index (χ1) is 12.5. The van der Waals surface area contributed by atoms with Crippen LogP contribution in [0.3, 0.4) is 0 Å². The lowest BCUT2D eigenvalue weighted by Crippen LogP contribution is -2.43. The minimum Gasteiger partial charge on any atom is -0.496 e. The molecule has 0 bridgehead atoms. The van der Waals surface area contributed by atoms with Crippen molar-refractivity contribution < 1.29 is 28.6 Å². The van der Waals surface area contributed by atoms with Crippen LogP contribution in [0.25, 0.3) is 0 Å². The predicted octanol–water partition coefficient (Wildman–Crippen LogP) is 2.11. The minimum atomic E-state index is -0.802. The molecule has 26 heavy (non-hydrogen) atoms. The molecule has 0 saturated carbocycles. The highest BCUT2D eigenvalue weighted by molar-refractivity contribution is 5.79. The number of hydrogen-bond donors (Lipinski definition) is 1. The highest BCUT2D eigenvalue weighted by Crippen LogP contribution is 2.33. The molecule has 1 aromatic carbocycles. The van der Waals surface area contributed by atoms with Crippen molar-refractivity contribution in [3.63, 3.8) is 0 Å². The number of piperidine rings is 1. The first kappa shape index (κ1) is 18.6. The molecular formula is C19H24FNO5. The summed E-state index contributed by atoms with van der Waals surface area (Å²) < 4.78 is 24.3. The van der Waals surface area contributed by atoms with E-state index in [0.29, 0.717) is 37.4 Å². The summed E-state index contributed by atoms with van der Waals surface area (Å²) in [5, 5.41) is 9.30. The zero-order valence-electron chi connectivity index (χ0n) is 14.8. The molecular weight excluding hydrogens is 341 g/mol. The normalized spacial score (nSPS) is 23.8. The summed E-state index contributed by atoms with van der Waals surface area (Å²) in [7, 11) is 1.49. The monoisotopic (exact) mass is 365 g/mol. The molecule has 2 aliphatic heterocycles. The van der Waals surface area contributed by atoms with Crippen molar-refractivity contribution in [1.82, 2.24) is 4.90 Å². The van der Waals surface area contributed by atoms with Crippen LogP contribution in [-0.4, -0.2) is 54.8 Å². The number of benzene rings is 1. The van der Waals surface area contributed by atoms with Crippen molar-refractivity contribution in [3.05, 3.63) is 29.6 Å². The van der Waals surface area contributed by atoms with Gasteiger partial charge in [0.2, 0.25) is 5.91 Å². The van der Waals surface area contributed by atoms with Gasteiger partial charge in [0.05, 0.1) is 25.6 Å². The number of halogens is 1. The maximum absolute atomic E-state index is 13.5. The number of methoxy groups -OCH3 is 1. The van der Waals surface area contributed by atoms with E-state index in [-0.39, 0.29) is 24.3 Å². The third kappa shape index (κ3) is 3.98. The second kappa shape index (κ2) is 8.03. The SMILES string of the molecule is COc1ccc(F)cc1CC(=O)N1CCC([C@@H]2OCCC2C(=O)O)CC1. The van der Waals surface area contributed by atoms with Crippen LogP contribution in [0.2, 0.25) is 0 Å². The van der Waals surface area contributed by atoms with Gasteiger partial charge in [-0.3, -0.25) is 9.59 Å². The van der Waals surface area contributed by atoms with Gasteiger partial charge in [-0.25, -0.2) is 4.39 Å². The molecule has 2 heterocycles. The van der Waals surface area contributed by atoms with E-state index >= 15 is 0 Å². The molecule has 1 N–H and O–H groups in total. The van der Waals surface area contributed by atoms with E-state index in [1.54, 1.807) is 4.90 Å². The Morgan fingerprint density at radius 3 is 2.69 bits per heavy atom. The maximum atomic E-state index is 13.5. The van der Waals surface area contributed by atoms with Gasteiger partial charge in [-0.1, -0.05) is 0 Å². The lowest BCUT2D eigenvalue weighted by Gasteiger charge is -2.35. The summed E-state index contributed by atoms with van der Waals surface area (Å²) >= 11 is 0. The van der Waals surface area contributed by atoms with Crippen molar-refractivity contribution in [2.75, 3.05) is 26.8 Å². The standard InChI is InChI=1S/C19H24FNO5/c1-25-16-3-2-14(20)10-13(16)11-17(22)21-7-4-12(5-8-21)18-15(19(23)24)6-9-26-18/h2-3,10,12,15,18H,4-9,11H2,1H3,(H,23,24)/t15?,18-/m0/s1. The number of likely N-dealkylation sites (tertiary alicyclic amines) is 1. The lowest BCUT2D eigenvalue weighted by molar-refractivity contribution is -0.145. The van der Waals surface area contributed by atoms with Gasteiger partial charge in [-0.05, 0) is 43.4 Å². The summed E-state index contributed by atoms with van der Waals surface area (Å²) in [6.07, 6.45) is 1.83. The third-order valence-corrected chi connectivity index (χ3v) is 5.39. The van der Waals surface area contributed by atoms with E-state index < -0.39 is 17.7 Å². The lowest BCUT2D eigenvalue weighted by atomic mass is 9.84. The number of carboxylic acid groups (broad SMARTS) is 1. The maximum Gasteiger partial charge on any atom is 0.309 e. The summed E-state index contributed by atoms with van der Waals surface area (Å²) in [6, 6.07) is 4.15. The molecule has 0 radical (unpaired) electrons. The molecule has 2 saturated heterocycles. The summed E-state index contributed by atoms with van der Waals surface area (Å²) in [5.41, 5.74) is 0.532. The summed E-state index contributed by atoms with van der Waals surface area (Å²) in [6.45, 7) is 1.61. The number of amides is 1. The highest BCUT2D eigenvalue weighted by Gasteiger charge is 2.40. The quantitative estimate of drug-likeness (QED) is 0.865. The fourth-order valence-corrected chi connectivity index (χ4v) is 3.98. The van der Waals surface area contributed by atoms with Gasteiger partial charge in [0, 0.05) is 25.3 Å². The van der Waals surface area contributed by atoms with Crippen LogP contribution in [0.15, 0.2) is 18.2 Å². The average Bonchev–Trinajstić information content (AvgIpc) is 3.12. The van der Waals surface area contributed by atoms with Crippen molar-refractivity contribution in [3.8, 4) is 5.75 Å². The van der Waals surface area contributed by atoms with Crippen LogP contribution in [-0.2, 0) is 20.7 Å². The number of carbonyl (C=O) groups is 2. The second-order valence-electron chi connectivity index (χ2n) is 6.92. The first-order valence-corrected chi connectivity index (χ1v) is 8.94. The predicted molar refractivity (Wildman–Crippen MR) is 91.4 cm³/mol. The van der Waals surface area contributed by atoms with E-state index in [1.165, 1.54) is 25.3 Å². The Hall–Kier alpha value is -2.15. The zero-order chi connectivity index (χ0) is 18.7. The van der Waals surface area contributed by atoms with E-state index in [4.69, 9.17) is 9.47 Å². The molecule has 0 aromatic heterocycles. The van der Waals surface area contributed by atoms with Gasteiger partial charge in [0.1, 0.15) is 11.6 Å². The van der Waals surface area contributed by atoms with Crippen molar-refractivity contribution in [2.45, 2.75) is 31.8 Å². The molecule has 0 spiro atoms. The molecule has 2 fully saturated rings. The Balaban J connectivity index is 1.57. The van der Waals surface area contributed by atoms with Crippen LogP contribution < -0.4 is 4.74 Å². The van der Waals surface area contributed by atoms with E-state index in [9.17, 15) is 19.1 Å². The van der Waals surface area contributed by atoms with Crippen LogP contribution in [0.4, 0.5) is 4.39 Å². The fourth-order valence-electron chi connectivity index (χ4n) is 3.98. The fraction of sp³-hybridized carbons (Fsp3) is 0.579. The third-order valence-electron chi connectivity index (χ3n) is 5.39. The molecule has 142 valence electrons. The Kier molecular flexibility index (Phi) is 5.76. The molecule has 2 atom stereocenters. The molecule has 6 nitrogen and oxygen atoms in total. The van der Waals surface area contributed by atoms with Gasteiger partial charge in [-0.15, -0.1) is 0 Å². The number of carbonyl (C=O) groups excluding carboxylic acids is 1.